The summed E-state index contributed by atoms with van der Waals surface area (Å²) in [5.74, 6) is -0.0435. The van der Waals surface area contributed by atoms with Gasteiger partial charge in [-0.1, -0.05) is 18.3 Å². The normalized spacial score (nSPS) is 11.6. The molecule has 0 N–H and O–H groups in total. The molecule has 0 bridgehead atoms. The predicted molar refractivity (Wildman–Crippen MR) is 60.0 cm³/mol. The molecule has 0 amide bonds. The second kappa shape index (κ2) is 4.82. The molecule has 0 unspecified atom stereocenters. The Morgan fingerprint density at radius 3 is 2.44 bits per heavy atom. The van der Waals surface area contributed by atoms with Crippen LogP contribution in [0.5, 0.6) is 5.75 Å². The summed E-state index contributed by atoms with van der Waals surface area (Å²) in [5, 5.41) is 1.19. The molecule has 0 saturated heterocycles. The van der Waals surface area contributed by atoms with Crippen LogP contribution in [0.4, 0.5) is 13.2 Å². The van der Waals surface area contributed by atoms with Gasteiger partial charge in [-0.05, 0) is 31.5 Å². The van der Waals surface area contributed by atoms with E-state index in [-0.39, 0.29) is 11.3 Å². The van der Waals surface area contributed by atoms with E-state index in [1.54, 1.807) is 0 Å². The molecule has 0 saturated carbocycles. The zero-order valence-corrected chi connectivity index (χ0v) is 9.65. The summed E-state index contributed by atoms with van der Waals surface area (Å²) >= 11 is 4.67. The van der Waals surface area contributed by atoms with Gasteiger partial charge in [-0.25, -0.2) is 4.39 Å². The summed E-state index contributed by atoms with van der Waals surface area (Å²) < 4.78 is 41.9. The van der Waals surface area contributed by atoms with Gasteiger partial charge in [0.2, 0.25) is 0 Å². The van der Waals surface area contributed by atoms with Gasteiger partial charge < -0.3 is 4.74 Å². The van der Waals surface area contributed by atoms with Crippen molar-refractivity contribution >= 4 is 17.6 Å². The number of ether oxygens (including phenoxy) is 1. The van der Waals surface area contributed by atoms with E-state index in [9.17, 15) is 13.2 Å². The highest BCUT2D eigenvalue weighted by atomic mass is 32.1. The van der Waals surface area contributed by atoms with Crippen LogP contribution in [-0.2, 0) is 5.67 Å². The van der Waals surface area contributed by atoms with E-state index in [2.05, 4.69) is 17.0 Å². The zero-order valence-electron chi connectivity index (χ0n) is 8.84. The molecule has 1 aromatic carbocycles. The molecule has 0 aliphatic rings. The minimum Gasteiger partial charge on any atom is -0.434 e. The molecular weight excluding hydrogens is 237 g/mol. The summed E-state index contributed by atoms with van der Waals surface area (Å²) in [5.41, 5.74) is -0.903. The standard InChI is InChI=1S/C11H11F3OS/c1-11(2,14)8-3-4-9(15-10(12)13)7(5-8)6-16/h3-6,10H,1-2H3. The first-order chi connectivity index (χ1) is 7.34. The SMILES string of the molecule is CC(C)(F)c1ccc(OC(F)F)c(C=S)c1. The number of thiocarbonyl (C=S) groups is 1. The average Bonchev–Trinajstić information content (AvgIpc) is 2.15. The Morgan fingerprint density at radius 1 is 1.38 bits per heavy atom. The van der Waals surface area contributed by atoms with Crippen LogP contribution in [0.15, 0.2) is 18.2 Å². The first kappa shape index (κ1) is 13.0. The maximum atomic E-state index is 13.6. The molecule has 0 radical (unpaired) electrons. The van der Waals surface area contributed by atoms with E-state index in [0.717, 1.165) is 0 Å². The van der Waals surface area contributed by atoms with Crippen LogP contribution in [0.2, 0.25) is 0 Å². The molecule has 0 aliphatic carbocycles. The van der Waals surface area contributed by atoms with E-state index in [1.165, 1.54) is 37.4 Å². The molecule has 0 fully saturated rings. The summed E-state index contributed by atoms with van der Waals surface area (Å²) in [7, 11) is 0. The highest BCUT2D eigenvalue weighted by Crippen LogP contribution is 2.29. The van der Waals surface area contributed by atoms with Gasteiger partial charge in [-0.2, -0.15) is 8.78 Å². The number of halogens is 3. The van der Waals surface area contributed by atoms with Crippen molar-refractivity contribution in [2.75, 3.05) is 0 Å². The van der Waals surface area contributed by atoms with Crippen molar-refractivity contribution in [3.63, 3.8) is 0 Å². The lowest BCUT2D eigenvalue weighted by molar-refractivity contribution is -0.0499. The van der Waals surface area contributed by atoms with Crippen molar-refractivity contribution in [3.05, 3.63) is 29.3 Å². The van der Waals surface area contributed by atoms with Crippen LogP contribution in [0.25, 0.3) is 0 Å². The third kappa shape index (κ3) is 3.20. The van der Waals surface area contributed by atoms with E-state index in [1.807, 2.05) is 0 Å². The van der Waals surface area contributed by atoms with Crippen LogP contribution in [-0.4, -0.2) is 12.0 Å². The van der Waals surface area contributed by atoms with Crippen molar-refractivity contribution in [2.24, 2.45) is 0 Å². The smallest absolute Gasteiger partial charge is 0.387 e. The zero-order chi connectivity index (χ0) is 12.3. The van der Waals surface area contributed by atoms with E-state index >= 15 is 0 Å². The summed E-state index contributed by atoms with van der Waals surface area (Å²) in [6.45, 7) is -0.162. The van der Waals surface area contributed by atoms with Crippen molar-refractivity contribution in [2.45, 2.75) is 26.1 Å². The summed E-state index contributed by atoms with van der Waals surface area (Å²) in [4.78, 5) is 0. The highest BCUT2D eigenvalue weighted by Gasteiger charge is 2.20. The lowest BCUT2D eigenvalue weighted by atomic mass is 9.98. The van der Waals surface area contributed by atoms with Crippen molar-refractivity contribution < 1.29 is 17.9 Å². The summed E-state index contributed by atoms with van der Waals surface area (Å²) in [6, 6.07) is 4.10. The van der Waals surface area contributed by atoms with E-state index < -0.39 is 12.3 Å². The largest absolute Gasteiger partial charge is 0.434 e. The van der Waals surface area contributed by atoms with Gasteiger partial charge in [0.15, 0.2) is 0 Å². The van der Waals surface area contributed by atoms with Crippen LogP contribution in [0.1, 0.15) is 25.0 Å². The van der Waals surface area contributed by atoms with Crippen LogP contribution in [0, 0.1) is 0 Å². The van der Waals surface area contributed by atoms with Gasteiger partial charge in [0.25, 0.3) is 0 Å². The van der Waals surface area contributed by atoms with Crippen molar-refractivity contribution in [3.8, 4) is 5.75 Å². The third-order valence-electron chi connectivity index (χ3n) is 2.04. The second-order valence-electron chi connectivity index (χ2n) is 3.72. The quantitative estimate of drug-likeness (QED) is 0.749. The Bertz CT molecular complexity index is 385. The molecular formula is C11H11F3OS. The van der Waals surface area contributed by atoms with Crippen LogP contribution in [0.3, 0.4) is 0 Å². The molecule has 0 aliphatic heterocycles. The van der Waals surface area contributed by atoms with Crippen molar-refractivity contribution in [1.29, 1.82) is 0 Å². The molecule has 1 rings (SSSR count). The monoisotopic (exact) mass is 248 g/mol. The minimum atomic E-state index is -2.92. The molecule has 0 atom stereocenters. The molecule has 0 aromatic heterocycles. The molecule has 88 valence electrons. The Labute approximate surface area is 97.2 Å². The molecule has 16 heavy (non-hydrogen) atoms. The fraction of sp³-hybridized carbons (Fsp3) is 0.364. The average molecular weight is 248 g/mol. The Hall–Kier alpha value is -1.10. The molecule has 1 aromatic rings. The first-order valence-corrected chi connectivity index (χ1v) is 5.05. The van der Waals surface area contributed by atoms with Crippen LogP contribution >= 0.6 is 12.2 Å². The van der Waals surface area contributed by atoms with Gasteiger partial charge in [-0.15, -0.1) is 0 Å². The maximum Gasteiger partial charge on any atom is 0.387 e. The minimum absolute atomic E-state index is 0.0435. The Morgan fingerprint density at radius 2 is 2.00 bits per heavy atom. The van der Waals surface area contributed by atoms with E-state index in [4.69, 9.17) is 0 Å². The molecule has 0 spiro atoms. The van der Waals surface area contributed by atoms with Gasteiger partial charge in [0, 0.05) is 10.9 Å². The van der Waals surface area contributed by atoms with Gasteiger partial charge in [0.05, 0.1) is 0 Å². The molecule has 5 heteroatoms. The molecule has 1 nitrogen and oxygen atoms in total. The lowest BCUT2D eigenvalue weighted by Gasteiger charge is -2.16. The van der Waals surface area contributed by atoms with Gasteiger partial charge in [0.1, 0.15) is 11.4 Å². The van der Waals surface area contributed by atoms with Gasteiger partial charge in [-0.3, -0.25) is 0 Å². The highest BCUT2D eigenvalue weighted by molar-refractivity contribution is 7.79. The Balaban J connectivity index is 3.12. The number of alkyl halides is 3. The number of hydrogen-bond acceptors (Lipinski definition) is 2. The topological polar surface area (TPSA) is 9.23 Å². The fourth-order valence-corrected chi connectivity index (χ4v) is 1.40. The number of benzene rings is 1. The number of hydrogen-bond donors (Lipinski definition) is 0. The Kier molecular flexibility index (Phi) is 3.91. The predicted octanol–water partition coefficient (Wildman–Crippen LogP) is 3.84. The first-order valence-electron chi connectivity index (χ1n) is 4.58. The third-order valence-corrected chi connectivity index (χ3v) is 2.29. The van der Waals surface area contributed by atoms with Crippen molar-refractivity contribution in [1.82, 2.24) is 0 Å². The summed E-state index contributed by atoms with van der Waals surface area (Å²) in [6.07, 6.45) is 0. The maximum absolute atomic E-state index is 13.6. The van der Waals surface area contributed by atoms with Crippen LogP contribution < -0.4 is 4.74 Å². The second-order valence-corrected chi connectivity index (χ2v) is 3.96. The number of rotatable bonds is 4. The lowest BCUT2D eigenvalue weighted by Crippen LogP contribution is -2.11. The van der Waals surface area contributed by atoms with Gasteiger partial charge >= 0.3 is 6.61 Å². The fourth-order valence-electron chi connectivity index (χ4n) is 1.21. The molecule has 0 heterocycles. The van der Waals surface area contributed by atoms with E-state index in [0.29, 0.717) is 5.56 Å².